The number of rotatable bonds is 6. The van der Waals surface area contributed by atoms with Gasteiger partial charge in [-0.05, 0) is 31.0 Å². The van der Waals surface area contributed by atoms with Crippen molar-refractivity contribution in [3.8, 4) is 5.75 Å². The maximum Gasteiger partial charge on any atom is 0.320 e. The summed E-state index contributed by atoms with van der Waals surface area (Å²) in [5.74, 6) is 0.0296. The predicted molar refractivity (Wildman–Crippen MR) is 85.6 cm³/mol. The zero-order valence-electron chi connectivity index (χ0n) is 13.4. The summed E-state index contributed by atoms with van der Waals surface area (Å²) in [7, 11) is 1.30. The Balaban J connectivity index is 1.92. The summed E-state index contributed by atoms with van der Waals surface area (Å²) >= 11 is 0. The van der Waals surface area contributed by atoms with Crippen LogP contribution in [0, 0.1) is 12.8 Å². The van der Waals surface area contributed by atoms with E-state index in [9.17, 15) is 14.7 Å². The first kappa shape index (κ1) is 17.3. The van der Waals surface area contributed by atoms with Gasteiger partial charge in [0.15, 0.2) is 5.82 Å². The first-order valence-electron chi connectivity index (χ1n) is 7.32. The third kappa shape index (κ3) is 5.01. The Labute approximate surface area is 138 Å². The minimum absolute atomic E-state index is 0.0935. The fourth-order valence-corrected chi connectivity index (χ4v) is 2.12. The Hall–Kier alpha value is -3.03. The maximum atomic E-state index is 11.9. The summed E-state index contributed by atoms with van der Waals surface area (Å²) in [6.07, 6.45) is 0.371. The molecule has 0 aliphatic rings. The van der Waals surface area contributed by atoms with E-state index < -0.39 is 17.9 Å². The van der Waals surface area contributed by atoms with E-state index in [0.29, 0.717) is 12.2 Å². The third-order valence-electron chi connectivity index (χ3n) is 3.33. The van der Waals surface area contributed by atoms with Gasteiger partial charge in [0.05, 0.1) is 13.0 Å². The molecular weight excluding hydrogens is 314 g/mol. The van der Waals surface area contributed by atoms with E-state index in [1.165, 1.54) is 19.2 Å². The maximum absolute atomic E-state index is 11.9. The Morgan fingerprint density at radius 3 is 2.62 bits per heavy atom. The molecule has 0 fully saturated rings. The molecule has 2 rings (SSSR count). The van der Waals surface area contributed by atoms with E-state index in [0.717, 1.165) is 5.56 Å². The predicted octanol–water partition coefficient (Wildman–Crippen LogP) is 1.84. The molecule has 128 valence electrons. The summed E-state index contributed by atoms with van der Waals surface area (Å²) in [5.41, 5.74) is 0.845. The average molecular weight is 333 g/mol. The molecule has 0 spiro atoms. The van der Waals surface area contributed by atoms with E-state index in [4.69, 9.17) is 9.26 Å². The molecule has 1 atom stereocenters. The fraction of sp³-hybridized carbons (Fsp3) is 0.312. The lowest BCUT2D eigenvalue weighted by molar-refractivity contribution is -0.145. The standard InChI is InChI=1S/C16H19N3O5/c1-10-7-14(19-24-10)18-16(22)17-9-12(15(21)23-2)8-11-3-5-13(20)6-4-11/h3-7,12,20H,8-9H2,1-2H3,(H2,17,18,19,22). The van der Waals surface area contributed by atoms with Crippen LogP contribution in [0.4, 0.5) is 10.6 Å². The first-order chi connectivity index (χ1) is 11.5. The number of amides is 2. The van der Waals surface area contributed by atoms with Gasteiger partial charge in [0.1, 0.15) is 11.5 Å². The smallest absolute Gasteiger partial charge is 0.320 e. The lowest BCUT2D eigenvalue weighted by atomic mass is 9.99. The van der Waals surface area contributed by atoms with Crippen LogP contribution < -0.4 is 10.6 Å². The molecule has 1 unspecified atom stereocenters. The highest BCUT2D eigenvalue weighted by Crippen LogP contribution is 2.14. The van der Waals surface area contributed by atoms with Crippen molar-refractivity contribution in [2.24, 2.45) is 5.92 Å². The Bertz CT molecular complexity index is 696. The number of urea groups is 1. The summed E-state index contributed by atoms with van der Waals surface area (Å²) in [4.78, 5) is 23.7. The normalized spacial score (nSPS) is 11.6. The van der Waals surface area contributed by atoms with Crippen molar-refractivity contribution < 1.29 is 24.0 Å². The molecule has 0 radical (unpaired) electrons. The highest BCUT2D eigenvalue weighted by molar-refractivity contribution is 5.88. The number of nitrogens with one attached hydrogen (secondary N) is 2. The molecule has 1 aromatic carbocycles. The quantitative estimate of drug-likeness (QED) is 0.695. The van der Waals surface area contributed by atoms with E-state index in [2.05, 4.69) is 15.8 Å². The highest BCUT2D eigenvalue weighted by Gasteiger charge is 2.21. The van der Waals surface area contributed by atoms with Gasteiger partial charge in [0.25, 0.3) is 0 Å². The molecule has 0 bridgehead atoms. The molecule has 0 saturated carbocycles. The molecular formula is C16H19N3O5. The number of hydrogen-bond acceptors (Lipinski definition) is 6. The van der Waals surface area contributed by atoms with Crippen LogP contribution in [0.3, 0.4) is 0 Å². The van der Waals surface area contributed by atoms with Crippen molar-refractivity contribution >= 4 is 17.8 Å². The zero-order chi connectivity index (χ0) is 17.5. The number of aryl methyl sites for hydroxylation is 1. The number of nitrogens with zero attached hydrogens (tertiary/aromatic N) is 1. The van der Waals surface area contributed by atoms with Gasteiger partial charge in [0.2, 0.25) is 0 Å². The number of carbonyl (C=O) groups excluding carboxylic acids is 2. The van der Waals surface area contributed by atoms with E-state index in [-0.39, 0.29) is 18.1 Å². The number of aromatic nitrogens is 1. The van der Waals surface area contributed by atoms with Crippen LogP contribution >= 0.6 is 0 Å². The van der Waals surface area contributed by atoms with Crippen LogP contribution in [0.25, 0.3) is 0 Å². The Kier molecular flexibility index (Phi) is 5.78. The van der Waals surface area contributed by atoms with Crippen LogP contribution in [-0.2, 0) is 16.0 Å². The monoisotopic (exact) mass is 333 g/mol. The SMILES string of the molecule is COC(=O)C(CNC(=O)Nc1cc(C)on1)Cc1ccc(O)cc1. The molecule has 0 saturated heterocycles. The van der Waals surface area contributed by atoms with Gasteiger partial charge in [-0.25, -0.2) is 4.79 Å². The largest absolute Gasteiger partial charge is 0.508 e. The first-order valence-corrected chi connectivity index (χ1v) is 7.32. The number of benzene rings is 1. The lowest BCUT2D eigenvalue weighted by Crippen LogP contribution is -2.37. The molecule has 2 amide bonds. The summed E-state index contributed by atoms with van der Waals surface area (Å²) in [6, 6.07) is 7.58. The number of anilines is 1. The van der Waals surface area contributed by atoms with Crippen molar-refractivity contribution in [2.45, 2.75) is 13.3 Å². The topological polar surface area (TPSA) is 114 Å². The zero-order valence-corrected chi connectivity index (χ0v) is 13.4. The van der Waals surface area contributed by atoms with Crippen LogP contribution in [-0.4, -0.2) is 35.9 Å². The van der Waals surface area contributed by atoms with Crippen molar-refractivity contribution in [1.29, 1.82) is 0 Å². The fourth-order valence-electron chi connectivity index (χ4n) is 2.12. The van der Waals surface area contributed by atoms with Crippen LogP contribution in [0.15, 0.2) is 34.9 Å². The van der Waals surface area contributed by atoms with Gasteiger partial charge in [-0.15, -0.1) is 0 Å². The Morgan fingerprint density at radius 2 is 2.04 bits per heavy atom. The molecule has 0 aliphatic carbocycles. The van der Waals surface area contributed by atoms with Crippen LogP contribution in [0.1, 0.15) is 11.3 Å². The number of carbonyl (C=O) groups is 2. The van der Waals surface area contributed by atoms with E-state index in [1.54, 1.807) is 25.1 Å². The molecule has 3 N–H and O–H groups in total. The minimum Gasteiger partial charge on any atom is -0.508 e. The number of phenols is 1. The number of aromatic hydroxyl groups is 1. The molecule has 8 heteroatoms. The Morgan fingerprint density at radius 1 is 1.33 bits per heavy atom. The van der Waals surface area contributed by atoms with Gasteiger partial charge in [-0.2, -0.15) is 0 Å². The van der Waals surface area contributed by atoms with E-state index in [1.807, 2.05) is 0 Å². The molecule has 2 aromatic rings. The van der Waals surface area contributed by atoms with E-state index >= 15 is 0 Å². The molecule has 24 heavy (non-hydrogen) atoms. The second-order valence-electron chi connectivity index (χ2n) is 5.25. The molecule has 1 aromatic heterocycles. The van der Waals surface area contributed by atoms with Gasteiger partial charge in [-0.1, -0.05) is 17.3 Å². The number of methoxy groups -OCH3 is 1. The second-order valence-corrected chi connectivity index (χ2v) is 5.25. The van der Waals surface area contributed by atoms with Crippen molar-refractivity contribution in [3.63, 3.8) is 0 Å². The van der Waals surface area contributed by atoms with Crippen molar-refractivity contribution in [2.75, 3.05) is 19.0 Å². The number of ether oxygens (including phenoxy) is 1. The van der Waals surface area contributed by atoms with Crippen LogP contribution in [0.2, 0.25) is 0 Å². The van der Waals surface area contributed by atoms with Crippen molar-refractivity contribution in [1.82, 2.24) is 10.5 Å². The summed E-state index contributed by atoms with van der Waals surface area (Å²) in [6.45, 7) is 1.80. The minimum atomic E-state index is -0.552. The molecule has 8 nitrogen and oxygen atoms in total. The third-order valence-corrected chi connectivity index (χ3v) is 3.33. The summed E-state index contributed by atoms with van der Waals surface area (Å²) < 4.78 is 9.62. The van der Waals surface area contributed by atoms with Gasteiger partial charge < -0.3 is 19.7 Å². The number of phenolic OH excluding ortho intramolecular Hbond substituents is 1. The molecule has 1 heterocycles. The van der Waals surface area contributed by atoms with Gasteiger partial charge >= 0.3 is 12.0 Å². The molecule has 0 aliphatic heterocycles. The number of hydrogen-bond donors (Lipinski definition) is 3. The summed E-state index contributed by atoms with van der Waals surface area (Å²) in [5, 5.41) is 18.1. The highest BCUT2D eigenvalue weighted by atomic mass is 16.5. The lowest BCUT2D eigenvalue weighted by Gasteiger charge is -2.15. The second kappa shape index (κ2) is 8.00. The average Bonchev–Trinajstić information content (AvgIpc) is 2.97. The van der Waals surface area contributed by atoms with Crippen molar-refractivity contribution in [3.05, 3.63) is 41.7 Å². The number of esters is 1. The van der Waals surface area contributed by atoms with Crippen LogP contribution in [0.5, 0.6) is 5.75 Å². The van der Waals surface area contributed by atoms with Gasteiger partial charge in [0, 0.05) is 12.6 Å². The van der Waals surface area contributed by atoms with Gasteiger partial charge in [-0.3, -0.25) is 10.1 Å².